The molecule has 2 aromatic rings. The molecule has 0 radical (unpaired) electrons. The van der Waals surface area contributed by atoms with Crippen LogP contribution >= 0.6 is 0 Å². The van der Waals surface area contributed by atoms with Crippen LogP contribution in [0.4, 0.5) is 8.78 Å². The molecule has 1 aromatic heterocycles. The van der Waals surface area contributed by atoms with Crippen LogP contribution in [0.15, 0.2) is 22.6 Å². The van der Waals surface area contributed by atoms with Gasteiger partial charge in [-0.2, -0.15) is 0 Å². The maximum absolute atomic E-state index is 13.3. The van der Waals surface area contributed by atoms with Crippen molar-refractivity contribution in [2.24, 2.45) is 5.92 Å². The molecule has 1 aromatic carbocycles. The Balaban J connectivity index is 2.14. The van der Waals surface area contributed by atoms with Crippen LogP contribution < -0.4 is 0 Å². The molecular formula is C12H8F2O2. The summed E-state index contributed by atoms with van der Waals surface area (Å²) in [6.45, 7) is 0. The first-order chi connectivity index (χ1) is 7.65. The monoisotopic (exact) mass is 222 g/mol. The zero-order chi connectivity index (χ0) is 11.3. The normalized spacial score (nSPS) is 15.6. The predicted octanol–water partition coefficient (Wildman–Crippen LogP) is 3.30. The molecule has 2 nitrogen and oxygen atoms in total. The molecule has 16 heavy (non-hydrogen) atoms. The zero-order valence-corrected chi connectivity index (χ0v) is 8.30. The van der Waals surface area contributed by atoms with E-state index in [2.05, 4.69) is 0 Å². The molecule has 0 atom stereocenters. The van der Waals surface area contributed by atoms with Gasteiger partial charge in [0.15, 0.2) is 17.2 Å². The molecular weight excluding hydrogens is 214 g/mol. The molecule has 1 heterocycles. The Morgan fingerprint density at radius 3 is 2.69 bits per heavy atom. The SMILES string of the molecule is O=C(c1cc2cc(F)cc(F)c2o1)C1CC1. The second-order valence-electron chi connectivity index (χ2n) is 4.06. The quantitative estimate of drug-likeness (QED) is 0.730. The van der Waals surface area contributed by atoms with Crippen molar-refractivity contribution in [3.8, 4) is 0 Å². The molecule has 4 heteroatoms. The first kappa shape index (κ1) is 9.51. The summed E-state index contributed by atoms with van der Waals surface area (Å²) in [5.74, 6) is -1.42. The van der Waals surface area contributed by atoms with E-state index in [1.165, 1.54) is 6.07 Å². The van der Waals surface area contributed by atoms with E-state index in [4.69, 9.17) is 4.42 Å². The van der Waals surface area contributed by atoms with E-state index >= 15 is 0 Å². The summed E-state index contributed by atoms with van der Waals surface area (Å²) >= 11 is 0. The Kier molecular flexibility index (Phi) is 1.87. The van der Waals surface area contributed by atoms with Gasteiger partial charge in [0, 0.05) is 17.4 Å². The number of rotatable bonds is 2. The number of halogens is 2. The van der Waals surface area contributed by atoms with E-state index in [1.54, 1.807) is 0 Å². The van der Waals surface area contributed by atoms with Crippen molar-refractivity contribution in [2.75, 3.05) is 0 Å². The maximum atomic E-state index is 13.3. The molecule has 0 aliphatic heterocycles. The highest BCUT2D eigenvalue weighted by Crippen LogP contribution is 2.34. The smallest absolute Gasteiger partial charge is 0.201 e. The van der Waals surface area contributed by atoms with Gasteiger partial charge in [0.1, 0.15) is 5.82 Å². The molecule has 0 spiro atoms. The second kappa shape index (κ2) is 3.14. The minimum atomic E-state index is -0.773. The van der Waals surface area contributed by atoms with E-state index in [9.17, 15) is 13.6 Å². The molecule has 0 N–H and O–H groups in total. The average molecular weight is 222 g/mol. The predicted molar refractivity (Wildman–Crippen MR) is 53.2 cm³/mol. The highest BCUT2D eigenvalue weighted by Gasteiger charge is 2.32. The molecule has 1 fully saturated rings. The number of carbonyl (C=O) groups excluding carboxylic acids is 1. The van der Waals surface area contributed by atoms with E-state index in [0.29, 0.717) is 5.39 Å². The molecule has 1 aliphatic carbocycles. The van der Waals surface area contributed by atoms with Crippen molar-refractivity contribution in [2.45, 2.75) is 12.8 Å². The lowest BCUT2D eigenvalue weighted by molar-refractivity contribution is 0.0942. The van der Waals surface area contributed by atoms with E-state index in [1.807, 2.05) is 0 Å². The molecule has 0 unspecified atom stereocenters. The van der Waals surface area contributed by atoms with Crippen LogP contribution in [0.2, 0.25) is 0 Å². The number of furan rings is 1. The summed E-state index contributed by atoms with van der Waals surface area (Å²) in [5, 5.41) is 0.293. The number of carbonyl (C=O) groups is 1. The Hall–Kier alpha value is -1.71. The summed E-state index contributed by atoms with van der Waals surface area (Å²) in [4.78, 5) is 11.7. The Morgan fingerprint density at radius 1 is 1.25 bits per heavy atom. The minimum Gasteiger partial charge on any atom is -0.450 e. The first-order valence-electron chi connectivity index (χ1n) is 5.08. The van der Waals surface area contributed by atoms with Crippen LogP contribution in [-0.2, 0) is 0 Å². The number of ketones is 1. The largest absolute Gasteiger partial charge is 0.450 e. The third-order valence-corrected chi connectivity index (χ3v) is 2.73. The van der Waals surface area contributed by atoms with Crippen molar-refractivity contribution in [1.82, 2.24) is 0 Å². The standard InChI is InChI=1S/C12H8F2O2/c13-8-3-7-4-10(11(15)6-1-2-6)16-12(7)9(14)5-8/h3-6H,1-2H2. The van der Waals surface area contributed by atoms with E-state index in [-0.39, 0.29) is 23.0 Å². The van der Waals surface area contributed by atoms with Gasteiger partial charge in [0.05, 0.1) is 0 Å². The lowest BCUT2D eigenvalue weighted by Gasteiger charge is -1.91. The van der Waals surface area contributed by atoms with Crippen molar-refractivity contribution in [3.63, 3.8) is 0 Å². The van der Waals surface area contributed by atoms with Crippen LogP contribution in [0.1, 0.15) is 23.4 Å². The van der Waals surface area contributed by atoms with Gasteiger partial charge in [0.2, 0.25) is 5.78 Å². The van der Waals surface area contributed by atoms with Gasteiger partial charge >= 0.3 is 0 Å². The fraction of sp³-hybridized carbons (Fsp3) is 0.250. The minimum absolute atomic E-state index is 0.00784. The fourth-order valence-corrected chi connectivity index (χ4v) is 1.74. The molecule has 82 valence electrons. The third-order valence-electron chi connectivity index (χ3n) is 2.73. The van der Waals surface area contributed by atoms with Gasteiger partial charge in [-0.1, -0.05) is 0 Å². The molecule has 3 rings (SSSR count). The van der Waals surface area contributed by atoms with Crippen LogP contribution in [-0.4, -0.2) is 5.78 Å². The van der Waals surface area contributed by atoms with Gasteiger partial charge in [-0.15, -0.1) is 0 Å². The van der Waals surface area contributed by atoms with Gasteiger partial charge in [-0.05, 0) is 25.0 Å². The molecule has 0 bridgehead atoms. The summed E-state index contributed by atoms with van der Waals surface area (Å²) < 4.78 is 31.3. The number of fused-ring (bicyclic) bond motifs is 1. The van der Waals surface area contributed by atoms with E-state index in [0.717, 1.165) is 25.0 Å². The van der Waals surface area contributed by atoms with Crippen molar-refractivity contribution >= 4 is 16.8 Å². The molecule has 1 aliphatic rings. The van der Waals surface area contributed by atoms with Crippen LogP contribution in [0.3, 0.4) is 0 Å². The topological polar surface area (TPSA) is 30.2 Å². The van der Waals surface area contributed by atoms with Crippen molar-refractivity contribution in [3.05, 3.63) is 35.6 Å². The fourth-order valence-electron chi connectivity index (χ4n) is 1.74. The van der Waals surface area contributed by atoms with Gasteiger partial charge in [-0.25, -0.2) is 8.78 Å². The molecule has 1 saturated carbocycles. The Labute approximate surface area is 89.9 Å². The highest BCUT2D eigenvalue weighted by molar-refractivity contribution is 6.00. The lowest BCUT2D eigenvalue weighted by atomic mass is 10.2. The van der Waals surface area contributed by atoms with Gasteiger partial charge < -0.3 is 4.42 Å². The number of benzene rings is 1. The van der Waals surface area contributed by atoms with Crippen molar-refractivity contribution in [1.29, 1.82) is 0 Å². The van der Waals surface area contributed by atoms with Gasteiger partial charge in [0.25, 0.3) is 0 Å². The average Bonchev–Trinajstić information content (AvgIpc) is 2.97. The molecule has 0 saturated heterocycles. The highest BCUT2D eigenvalue weighted by atomic mass is 19.1. The third kappa shape index (κ3) is 1.41. The second-order valence-corrected chi connectivity index (χ2v) is 4.06. The van der Waals surface area contributed by atoms with E-state index < -0.39 is 11.6 Å². The molecule has 0 amide bonds. The van der Waals surface area contributed by atoms with Crippen LogP contribution in [0, 0.1) is 17.6 Å². The number of hydrogen-bond donors (Lipinski definition) is 0. The summed E-state index contributed by atoms with van der Waals surface area (Å²) in [6, 6.07) is 3.31. The van der Waals surface area contributed by atoms with Gasteiger partial charge in [-0.3, -0.25) is 4.79 Å². The maximum Gasteiger partial charge on any atom is 0.201 e. The Bertz CT molecular complexity index is 582. The van der Waals surface area contributed by atoms with Crippen molar-refractivity contribution < 1.29 is 18.0 Å². The summed E-state index contributed by atoms with van der Waals surface area (Å²) in [5.41, 5.74) is -0.0506. The zero-order valence-electron chi connectivity index (χ0n) is 8.30. The Morgan fingerprint density at radius 2 is 2.00 bits per heavy atom. The van der Waals surface area contributed by atoms with Crippen LogP contribution in [0.25, 0.3) is 11.0 Å². The first-order valence-corrected chi connectivity index (χ1v) is 5.08. The summed E-state index contributed by atoms with van der Waals surface area (Å²) in [6.07, 6.45) is 1.71. The lowest BCUT2D eigenvalue weighted by Crippen LogP contribution is -1.98. The number of Topliss-reactive ketones (excluding diaryl/α,β-unsaturated/α-hetero) is 1. The van der Waals surface area contributed by atoms with Crippen LogP contribution in [0.5, 0.6) is 0 Å². The number of hydrogen-bond acceptors (Lipinski definition) is 2. The summed E-state index contributed by atoms with van der Waals surface area (Å²) in [7, 11) is 0.